The summed E-state index contributed by atoms with van der Waals surface area (Å²) in [7, 11) is 1.68. The molecule has 0 amide bonds. The van der Waals surface area contributed by atoms with Crippen LogP contribution in [0.3, 0.4) is 0 Å². The molecule has 0 aliphatic rings. The molecule has 0 spiro atoms. The van der Waals surface area contributed by atoms with Gasteiger partial charge in [-0.2, -0.15) is 0 Å². The van der Waals surface area contributed by atoms with E-state index in [-0.39, 0.29) is 5.54 Å². The molecule has 0 bridgehead atoms. The Labute approximate surface area is 133 Å². The Kier molecular flexibility index (Phi) is 5.45. The van der Waals surface area contributed by atoms with Gasteiger partial charge in [-0.1, -0.05) is 30.3 Å². The first-order valence-corrected chi connectivity index (χ1v) is 7.56. The maximum atomic E-state index is 5.99. The van der Waals surface area contributed by atoms with Gasteiger partial charge in [0, 0.05) is 17.6 Å². The maximum Gasteiger partial charge on any atom is 0.124 e. The van der Waals surface area contributed by atoms with Crippen LogP contribution < -0.4 is 14.8 Å². The Hall–Kier alpha value is -2.00. The minimum atomic E-state index is 0.0553. The highest BCUT2D eigenvalue weighted by molar-refractivity contribution is 5.40. The topological polar surface area (TPSA) is 30.5 Å². The Morgan fingerprint density at radius 2 is 1.73 bits per heavy atom. The lowest BCUT2D eigenvalue weighted by Gasteiger charge is -2.22. The summed E-state index contributed by atoms with van der Waals surface area (Å²) in [4.78, 5) is 0. The average molecular weight is 299 g/mol. The van der Waals surface area contributed by atoms with E-state index in [2.05, 4.69) is 38.2 Å². The van der Waals surface area contributed by atoms with E-state index in [0.29, 0.717) is 6.61 Å². The van der Waals surface area contributed by atoms with Crippen LogP contribution in [0.5, 0.6) is 11.5 Å². The quantitative estimate of drug-likeness (QED) is 0.868. The van der Waals surface area contributed by atoms with Crippen LogP contribution in [-0.2, 0) is 13.2 Å². The zero-order valence-electron chi connectivity index (χ0n) is 13.8. The van der Waals surface area contributed by atoms with E-state index in [0.717, 1.165) is 29.2 Å². The predicted molar refractivity (Wildman–Crippen MR) is 90.4 cm³/mol. The van der Waals surface area contributed by atoms with E-state index >= 15 is 0 Å². The molecule has 1 N–H and O–H groups in total. The highest BCUT2D eigenvalue weighted by Crippen LogP contribution is 2.25. The van der Waals surface area contributed by atoms with Crippen LogP contribution in [0, 0.1) is 0 Å². The second kappa shape index (κ2) is 7.32. The Morgan fingerprint density at radius 3 is 2.36 bits per heavy atom. The number of benzene rings is 2. The van der Waals surface area contributed by atoms with Gasteiger partial charge in [-0.25, -0.2) is 0 Å². The van der Waals surface area contributed by atoms with Gasteiger partial charge < -0.3 is 14.8 Å². The summed E-state index contributed by atoms with van der Waals surface area (Å²) in [6.45, 7) is 7.76. The third-order valence-corrected chi connectivity index (χ3v) is 3.31. The standard InChI is InChI=1S/C19H25NO2/c1-19(2,3)20-13-16-12-17(21-4)10-11-18(16)22-14-15-8-6-5-7-9-15/h5-12,20H,13-14H2,1-4H3. The number of rotatable bonds is 6. The number of nitrogens with one attached hydrogen (secondary N) is 1. The highest BCUT2D eigenvalue weighted by Gasteiger charge is 2.12. The molecule has 0 saturated heterocycles. The Morgan fingerprint density at radius 1 is 1.00 bits per heavy atom. The van der Waals surface area contributed by atoms with Crippen LogP contribution in [0.1, 0.15) is 31.9 Å². The van der Waals surface area contributed by atoms with Crippen LogP contribution >= 0.6 is 0 Å². The molecule has 3 nitrogen and oxygen atoms in total. The Bertz CT molecular complexity index is 588. The zero-order chi connectivity index (χ0) is 16.0. The fourth-order valence-corrected chi connectivity index (χ4v) is 2.06. The normalized spacial score (nSPS) is 11.3. The van der Waals surface area contributed by atoms with Gasteiger partial charge >= 0.3 is 0 Å². The van der Waals surface area contributed by atoms with Gasteiger partial charge in [0.05, 0.1) is 7.11 Å². The summed E-state index contributed by atoms with van der Waals surface area (Å²) in [5.74, 6) is 1.74. The summed E-state index contributed by atoms with van der Waals surface area (Å²) in [5.41, 5.74) is 2.32. The van der Waals surface area contributed by atoms with Crippen molar-refractivity contribution in [1.82, 2.24) is 5.32 Å². The van der Waals surface area contributed by atoms with Gasteiger partial charge in [-0.3, -0.25) is 0 Å². The van der Waals surface area contributed by atoms with Gasteiger partial charge in [0.25, 0.3) is 0 Å². The van der Waals surface area contributed by atoms with E-state index < -0.39 is 0 Å². The lowest BCUT2D eigenvalue weighted by atomic mass is 10.1. The first-order chi connectivity index (χ1) is 10.5. The minimum absolute atomic E-state index is 0.0553. The number of hydrogen-bond acceptors (Lipinski definition) is 3. The molecule has 0 saturated carbocycles. The van der Waals surface area contributed by atoms with Crippen LogP contribution in [0.25, 0.3) is 0 Å². The zero-order valence-corrected chi connectivity index (χ0v) is 13.8. The molecule has 0 aliphatic heterocycles. The molecule has 2 aromatic rings. The lowest BCUT2D eigenvalue weighted by Crippen LogP contribution is -2.35. The second-order valence-corrected chi connectivity index (χ2v) is 6.35. The van der Waals surface area contributed by atoms with E-state index in [1.54, 1.807) is 7.11 Å². The minimum Gasteiger partial charge on any atom is -0.497 e. The van der Waals surface area contributed by atoms with Crippen molar-refractivity contribution in [2.24, 2.45) is 0 Å². The van der Waals surface area contributed by atoms with Crippen molar-refractivity contribution in [1.29, 1.82) is 0 Å². The van der Waals surface area contributed by atoms with Crippen molar-refractivity contribution in [3.05, 3.63) is 59.7 Å². The third kappa shape index (κ3) is 5.08. The van der Waals surface area contributed by atoms with Crippen molar-refractivity contribution in [2.75, 3.05) is 7.11 Å². The van der Waals surface area contributed by atoms with Gasteiger partial charge in [0.15, 0.2) is 0 Å². The molecule has 0 aliphatic carbocycles. The van der Waals surface area contributed by atoms with Crippen LogP contribution in [-0.4, -0.2) is 12.6 Å². The van der Waals surface area contributed by atoms with Gasteiger partial charge in [0.2, 0.25) is 0 Å². The fraction of sp³-hybridized carbons (Fsp3) is 0.368. The molecule has 0 atom stereocenters. The molecule has 118 valence electrons. The van der Waals surface area contributed by atoms with Gasteiger partial charge in [-0.15, -0.1) is 0 Å². The summed E-state index contributed by atoms with van der Waals surface area (Å²) in [5, 5.41) is 3.49. The van der Waals surface area contributed by atoms with E-state index in [1.165, 1.54) is 0 Å². The van der Waals surface area contributed by atoms with E-state index in [9.17, 15) is 0 Å². The molecule has 2 rings (SSSR count). The smallest absolute Gasteiger partial charge is 0.124 e. The summed E-state index contributed by atoms with van der Waals surface area (Å²) >= 11 is 0. The van der Waals surface area contributed by atoms with Crippen LogP contribution in [0.15, 0.2) is 48.5 Å². The molecule has 2 aromatic carbocycles. The second-order valence-electron chi connectivity index (χ2n) is 6.35. The molecular weight excluding hydrogens is 274 g/mol. The average Bonchev–Trinajstić information content (AvgIpc) is 2.51. The molecule has 0 heterocycles. The van der Waals surface area contributed by atoms with Crippen molar-refractivity contribution < 1.29 is 9.47 Å². The van der Waals surface area contributed by atoms with Gasteiger partial charge in [-0.05, 0) is 44.5 Å². The molecule has 0 aromatic heterocycles. The number of ether oxygens (including phenoxy) is 2. The largest absolute Gasteiger partial charge is 0.497 e. The van der Waals surface area contributed by atoms with Crippen LogP contribution in [0.4, 0.5) is 0 Å². The number of methoxy groups -OCH3 is 1. The summed E-state index contributed by atoms with van der Waals surface area (Å²) < 4.78 is 11.3. The Balaban J connectivity index is 2.11. The van der Waals surface area contributed by atoms with Gasteiger partial charge in [0.1, 0.15) is 18.1 Å². The summed E-state index contributed by atoms with van der Waals surface area (Å²) in [6, 6.07) is 16.1. The SMILES string of the molecule is COc1ccc(OCc2ccccc2)c(CNC(C)(C)C)c1. The lowest BCUT2D eigenvalue weighted by molar-refractivity contribution is 0.299. The molecule has 0 fully saturated rings. The third-order valence-electron chi connectivity index (χ3n) is 3.31. The molecule has 22 heavy (non-hydrogen) atoms. The maximum absolute atomic E-state index is 5.99. The molecule has 0 unspecified atom stereocenters. The molecular formula is C19H25NO2. The van der Waals surface area contributed by atoms with Crippen molar-refractivity contribution in [3.63, 3.8) is 0 Å². The van der Waals surface area contributed by atoms with Crippen molar-refractivity contribution in [2.45, 2.75) is 39.5 Å². The van der Waals surface area contributed by atoms with Crippen LogP contribution in [0.2, 0.25) is 0 Å². The predicted octanol–water partition coefficient (Wildman–Crippen LogP) is 4.16. The summed E-state index contributed by atoms with van der Waals surface area (Å²) in [6.07, 6.45) is 0. The van der Waals surface area contributed by atoms with Crippen molar-refractivity contribution in [3.8, 4) is 11.5 Å². The number of hydrogen-bond donors (Lipinski definition) is 1. The first-order valence-electron chi connectivity index (χ1n) is 7.56. The van der Waals surface area contributed by atoms with E-state index in [4.69, 9.17) is 9.47 Å². The molecule has 0 radical (unpaired) electrons. The first kappa shape index (κ1) is 16.4. The molecule has 3 heteroatoms. The fourth-order valence-electron chi connectivity index (χ4n) is 2.06. The highest BCUT2D eigenvalue weighted by atomic mass is 16.5. The van der Waals surface area contributed by atoms with E-state index in [1.807, 2.05) is 36.4 Å². The van der Waals surface area contributed by atoms with Crippen molar-refractivity contribution >= 4 is 0 Å². The monoisotopic (exact) mass is 299 g/mol.